The van der Waals surface area contributed by atoms with E-state index in [4.69, 9.17) is 14.6 Å². The number of rotatable bonds is 6. The molecule has 1 aliphatic heterocycles. The molecule has 1 atom stereocenters. The fraction of sp³-hybridized carbons (Fsp3) is 0.533. The van der Waals surface area contributed by atoms with Crippen LogP contribution in [0.25, 0.3) is 0 Å². The topological polar surface area (TPSA) is 59.0 Å². The molecule has 0 bridgehead atoms. The van der Waals surface area contributed by atoms with Crippen LogP contribution in [0.5, 0.6) is 5.75 Å². The predicted octanol–water partition coefficient (Wildman–Crippen LogP) is 1.41. The zero-order valence-electron chi connectivity index (χ0n) is 11.7. The highest BCUT2D eigenvalue weighted by molar-refractivity contribution is 5.70. The number of hydrogen-bond acceptors (Lipinski definition) is 4. The Morgan fingerprint density at radius 2 is 2.20 bits per heavy atom. The zero-order valence-corrected chi connectivity index (χ0v) is 11.7. The fourth-order valence-corrected chi connectivity index (χ4v) is 2.26. The van der Waals surface area contributed by atoms with Gasteiger partial charge in [0.05, 0.1) is 19.1 Å². The lowest BCUT2D eigenvalue weighted by molar-refractivity contribution is -0.136. The first kappa shape index (κ1) is 14.8. The molecule has 110 valence electrons. The molecule has 1 heterocycles. The van der Waals surface area contributed by atoms with Crippen molar-refractivity contribution in [2.75, 3.05) is 32.8 Å². The second-order valence-electron chi connectivity index (χ2n) is 5.04. The van der Waals surface area contributed by atoms with Crippen molar-refractivity contribution in [2.24, 2.45) is 0 Å². The van der Waals surface area contributed by atoms with Crippen molar-refractivity contribution in [3.63, 3.8) is 0 Å². The van der Waals surface area contributed by atoms with Gasteiger partial charge in [-0.15, -0.1) is 0 Å². The van der Waals surface area contributed by atoms with Crippen molar-refractivity contribution in [3.8, 4) is 5.75 Å². The number of carboxylic acid groups (broad SMARTS) is 1. The highest BCUT2D eigenvalue weighted by Gasteiger charge is 2.15. The van der Waals surface area contributed by atoms with Crippen LogP contribution in [0.15, 0.2) is 24.3 Å². The summed E-state index contributed by atoms with van der Waals surface area (Å²) in [7, 11) is 0. The molecule has 1 unspecified atom stereocenters. The Balaban J connectivity index is 1.72. The number of ether oxygens (including phenoxy) is 2. The van der Waals surface area contributed by atoms with Crippen molar-refractivity contribution >= 4 is 5.97 Å². The molecule has 0 aliphatic carbocycles. The van der Waals surface area contributed by atoms with E-state index in [1.807, 2.05) is 12.1 Å². The Morgan fingerprint density at radius 1 is 1.45 bits per heavy atom. The normalized spacial score (nSPS) is 19.8. The smallest absolute Gasteiger partial charge is 0.307 e. The molecular weight excluding hydrogens is 258 g/mol. The van der Waals surface area contributed by atoms with Gasteiger partial charge in [-0.1, -0.05) is 12.1 Å². The maximum Gasteiger partial charge on any atom is 0.307 e. The average Bonchev–Trinajstić information content (AvgIpc) is 2.40. The third-order valence-corrected chi connectivity index (χ3v) is 3.28. The molecular formula is C15H21NO4. The molecule has 0 saturated carbocycles. The van der Waals surface area contributed by atoms with E-state index in [-0.39, 0.29) is 6.42 Å². The fourth-order valence-electron chi connectivity index (χ4n) is 2.26. The van der Waals surface area contributed by atoms with Crippen LogP contribution in [0.3, 0.4) is 0 Å². The highest BCUT2D eigenvalue weighted by Crippen LogP contribution is 2.13. The molecule has 1 fully saturated rings. The third kappa shape index (κ3) is 4.83. The van der Waals surface area contributed by atoms with Gasteiger partial charge in [-0.2, -0.15) is 0 Å². The zero-order chi connectivity index (χ0) is 14.4. The van der Waals surface area contributed by atoms with Gasteiger partial charge in [-0.25, -0.2) is 0 Å². The van der Waals surface area contributed by atoms with E-state index >= 15 is 0 Å². The molecule has 0 radical (unpaired) electrons. The minimum absolute atomic E-state index is 0.0476. The van der Waals surface area contributed by atoms with Crippen molar-refractivity contribution in [1.29, 1.82) is 0 Å². The minimum atomic E-state index is -0.819. The lowest BCUT2D eigenvalue weighted by Gasteiger charge is -2.30. The average molecular weight is 279 g/mol. The quantitative estimate of drug-likeness (QED) is 0.853. The summed E-state index contributed by atoms with van der Waals surface area (Å²) in [4.78, 5) is 12.9. The largest absolute Gasteiger partial charge is 0.492 e. The molecule has 1 saturated heterocycles. The number of nitrogens with zero attached hydrogens (tertiary/aromatic N) is 1. The second kappa shape index (κ2) is 7.26. The molecule has 0 spiro atoms. The lowest BCUT2D eigenvalue weighted by atomic mass is 10.1. The van der Waals surface area contributed by atoms with Crippen LogP contribution in [-0.2, 0) is 16.0 Å². The van der Waals surface area contributed by atoms with E-state index in [2.05, 4.69) is 11.8 Å². The van der Waals surface area contributed by atoms with Crippen LogP contribution in [0, 0.1) is 0 Å². The summed E-state index contributed by atoms with van der Waals surface area (Å²) in [6, 6.07) is 7.22. The van der Waals surface area contributed by atoms with Gasteiger partial charge in [0, 0.05) is 19.6 Å². The van der Waals surface area contributed by atoms with Gasteiger partial charge in [0.2, 0.25) is 0 Å². The predicted molar refractivity (Wildman–Crippen MR) is 75.1 cm³/mol. The van der Waals surface area contributed by atoms with Gasteiger partial charge in [-0.05, 0) is 24.6 Å². The summed E-state index contributed by atoms with van der Waals surface area (Å²) in [5.41, 5.74) is 0.784. The third-order valence-electron chi connectivity index (χ3n) is 3.28. The maximum atomic E-state index is 10.6. The molecule has 1 N–H and O–H groups in total. The van der Waals surface area contributed by atoms with E-state index in [0.29, 0.717) is 12.7 Å². The summed E-state index contributed by atoms with van der Waals surface area (Å²) in [5.74, 6) is -0.0412. The SMILES string of the molecule is CC1CN(CCOc2ccc(CC(=O)O)cc2)CCO1. The van der Waals surface area contributed by atoms with Crippen LogP contribution >= 0.6 is 0 Å². The van der Waals surface area contributed by atoms with Gasteiger partial charge < -0.3 is 14.6 Å². The highest BCUT2D eigenvalue weighted by atomic mass is 16.5. The van der Waals surface area contributed by atoms with Crippen molar-refractivity contribution < 1.29 is 19.4 Å². The van der Waals surface area contributed by atoms with Crippen LogP contribution in [-0.4, -0.2) is 54.9 Å². The number of aliphatic carboxylic acids is 1. The monoisotopic (exact) mass is 279 g/mol. The Morgan fingerprint density at radius 3 is 2.85 bits per heavy atom. The molecule has 5 nitrogen and oxygen atoms in total. The van der Waals surface area contributed by atoms with Gasteiger partial charge in [0.25, 0.3) is 0 Å². The van der Waals surface area contributed by atoms with Gasteiger partial charge in [0.15, 0.2) is 0 Å². The number of hydrogen-bond donors (Lipinski definition) is 1. The van der Waals surface area contributed by atoms with Crippen molar-refractivity contribution in [3.05, 3.63) is 29.8 Å². The summed E-state index contributed by atoms with van der Waals surface area (Å²) in [6.07, 6.45) is 0.338. The first-order valence-corrected chi connectivity index (χ1v) is 6.91. The summed E-state index contributed by atoms with van der Waals surface area (Å²) in [6.45, 7) is 6.26. The molecule has 5 heteroatoms. The molecule has 1 aliphatic rings. The van der Waals surface area contributed by atoms with E-state index < -0.39 is 5.97 Å². The van der Waals surface area contributed by atoms with E-state index in [1.54, 1.807) is 12.1 Å². The Bertz CT molecular complexity index is 432. The molecule has 1 aromatic carbocycles. The van der Waals surface area contributed by atoms with E-state index in [9.17, 15) is 4.79 Å². The summed E-state index contributed by atoms with van der Waals surface area (Å²) >= 11 is 0. The van der Waals surface area contributed by atoms with Crippen LogP contribution < -0.4 is 4.74 Å². The van der Waals surface area contributed by atoms with E-state index in [1.165, 1.54) is 0 Å². The van der Waals surface area contributed by atoms with Gasteiger partial charge in [-0.3, -0.25) is 9.69 Å². The number of carbonyl (C=O) groups is 1. The second-order valence-corrected chi connectivity index (χ2v) is 5.04. The number of carboxylic acids is 1. The molecule has 2 rings (SSSR count). The first-order valence-electron chi connectivity index (χ1n) is 6.91. The van der Waals surface area contributed by atoms with Crippen molar-refractivity contribution in [1.82, 2.24) is 4.90 Å². The van der Waals surface area contributed by atoms with E-state index in [0.717, 1.165) is 37.6 Å². The van der Waals surface area contributed by atoms with Crippen LogP contribution in [0.2, 0.25) is 0 Å². The summed E-state index contributed by atoms with van der Waals surface area (Å²) < 4.78 is 11.2. The Labute approximate surface area is 119 Å². The van der Waals surface area contributed by atoms with Crippen molar-refractivity contribution in [2.45, 2.75) is 19.4 Å². The lowest BCUT2D eigenvalue weighted by Crippen LogP contribution is -2.42. The Hall–Kier alpha value is -1.59. The Kier molecular flexibility index (Phi) is 5.38. The number of benzene rings is 1. The molecule has 20 heavy (non-hydrogen) atoms. The van der Waals surface area contributed by atoms with Gasteiger partial charge >= 0.3 is 5.97 Å². The van der Waals surface area contributed by atoms with Crippen LogP contribution in [0.1, 0.15) is 12.5 Å². The molecule has 1 aromatic rings. The summed E-state index contributed by atoms with van der Waals surface area (Å²) in [5, 5.41) is 8.70. The standard InChI is InChI=1S/C15H21NO4/c1-12-11-16(6-8-19-12)7-9-20-14-4-2-13(3-5-14)10-15(17)18/h2-5,12H,6-11H2,1H3,(H,17,18). The molecule has 0 amide bonds. The van der Waals surface area contributed by atoms with Crippen LogP contribution in [0.4, 0.5) is 0 Å². The first-order chi connectivity index (χ1) is 9.63. The minimum Gasteiger partial charge on any atom is -0.492 e. The molecule has 0 aromatic heterocycles. The van der Waals surface area contributed by atoms with Gasteiger partial charge in [0.1, 0.15) is 12.4 Å². The maximum absolute atomic E-state index is 10.6. The number of morpholine rings is 1.